The third kappa shape index (κ3) is 4.94. The third-order valence-corrected chi connectivity index (χ3v) is 4.17. The molecule has 0 aliphatic carbocycles. The highest BCUT2D eigenvalue weighted by molar-refractivity contribution is 7.99. The van der Waals surface area contributed by atoms with E-state index in [9.17, 15) is 4.79 Å². The van der Waals surface area contributed by atoms with E-state index in [1.807, 2.05) is 48.5 Å². The smallest absolute Gasteiger partial charge is 0.321 e. The van der Waals surface area contributed by atoms with Crippen molar-refractivity contribution in [2.45, 2.75) is 9.79 Å². The van der Waals surface area contributed by atoms with E-state index in [0.29, 0.717) is 17.3 Å². The van der Waals surface area contributed by atoms with Gasteiger partial charge in [0.15, 0.2) is 0 Å². The Morgan fingerprint density at radius 3 is 2.64 bits per heavy atom. The topological polar surface area (TPSA) is 52.6 Å². The molecule has 116 valence electrons. The van der Waals surface area contributed by atoms with Crippen LogP contribution in [-0.4, -0.2) is 36.2 Å². The molecule has 0 aliphatic rings. The van der Waals surface area contributed by atoms with Crippen molar-refractivity contribution in [1.29, 1.82) is 0 Å². The Morgan fingerprint density at radius 2 is 1.95 bits per heavy atom. The average Bonchev–Trinajstić information content (AvgIpc) is 2.50. The van der Waals surface area contributed by atoms with Crippen LogP contribution in [0.3, 0.4) is 0 Å². The highest BCUT2D eigenvalue weighted by Crippen LogP contribution is 2.30. The largest absolute Gasteiger partial charge is 0.395 e. The van der Waals surface area contributed by atoms with Gasteiger partial charge in [0.25, 0.3) is 0 Å². The first kappa shape index (κ1) is 16.7. The van der Waals surface area contributed by atoms with Gasteiger partial charge in [0.2, 0.25) is 0 Å². The molecule has 2 aromatic rings. The zero-order chi connectivity index (χ0) is 15.9. The maximum atomic E-state index is 11.9. The number of hydrogen-bond donors (Lipinski definition) is 2. The second-order valence-corrected chi connectivity index (χ2v) is 6.24. The Bertz CT molecular complexity index is 634. The number of likely N-dealkylation sites (N-methyl/N-ethyl adjacent to an activating group) is 1. The molecule has 2 N–H and O–H groups in total. The fourth-order valence-electron chi connectivity index (χ4n) is 1.75. The number of urea groups is 1. The van der Waals surface area contributed by atoms with Gasteiger partial charge in [0, 0.05) is 34.1 Å². The van der Waals surface area contributed by atoms with Crippen LogP contribution in [0.1, 0.15) is 0 Å². The highest BCUT2D eigenvalue weighted by Gasteiger charge is 2.08. The molecule has 0 aliphatic heterocycles. The molecule has 22 heavy (non-hydrogen) atoms. The first-order valence-corrected chi connectivity index (χ1v) is 7.94. The van der Waals surface area contributed by atoms with E-state index in [4.69, 9.17) is 16.7 Å². The van der Waals surface area contributed by atoms with E-state index < -0.39 is 0 Å². The summed E-state index contributed by atoms with van der Waals surface area (Å²) in [7, 11) is 1.64. The lowest BCUT2D eigenvalue weighted by Crippen LogP contribution is -2.33. The fourth-order valence-corrected chi connectivity index (χ4v) is 2.75. The number of anilines is 1. The van der Waals surface area contributed by atoms with Crippen molar-refractivity contribution in [3.63, 3.8) is 0 Å². The lowest BCUT2D eigenvalue weighted by molar-refractivity contribution is 0.202. The van der Waals surface area contributed by atoms with Gasteiger partial charge in [-0.25, -0.2) is 4.79 Å². The predicted octanol–water partition coefficient (Wildman–Crippen LogP) is 3.95. The van der Waals surface area contributed by atoms with Gasteiger partial charge in [-0.1, -0.05) is 29.4 Å². The molecule has 0 atom stereocenters. The quantitative estimate of drug-likeness (QED) is 0.869. The Balaban J connectivity index is 2.03. The molecule has 0 heterocycles. The second kappa shape index (κ2) is 8.08. The molecule has 0 radical (unpaired) electrons. The van der Waals surface area contributed by atoms with E-state index in [2.05, 4.69) is 5.32 Å². The maximum absolute atomic E-state index is 11.9. The minimum atomic E-state index is -0.248. The Morgan fingerprint density at radius 1 is 1.23 bits per heavy atom. The van der Waals surface area contributed by atoms with Crippen LogP contribution in [0.2, 0.25) is 5.02 Å². The SMILES string of the molecule is CN(CCO)C(=O)Nc1cccc(Sc2ccc(Cl)cc2)c1. The number of aliphatic hydroxyl groups is 1. The third-order valence-electron chi connectivity index (χ3n) is 2.92. The Labute approximate surface area is 139 Å². The van der Waals surface area contributed by atoms with Gasteiger partial charge >= 0.3 is 6.03 Å². The van der Waals surface area contributed by atoms with Gasteiger partial charge in [0.05, 0.1) is 6.61 Å². The van der Waals surface area contributed by atoms with Crippen LogP contribution in [-0.2, 0) is 0 Å². The number of hydrogen-bond acceptors (Lipinski definition) is 3. The van der Waals surface area contributed by atoms with E-state index in [1.165, 1.54) is 4.90 Å². The molecule has 2 rings (SSSR count). The molecule has 0 spiro atoms. The summed E-state index contributed by atoms with van der Waals surface area (Å²) in [6.45, 7) is 0.238. The lowest BCUT2D eigenvalue weighted by atomic mass is 10.3. The molecule has 0 fully saturated rings. The normalized spacial score (nSPS) is 10.3. The van der Waals surface area contributed by atoms with Gasteiger partial charge in [-0.3, -0.25) is 0 Å². The predicted molar refractivity (Wildman–Crippen MR) is 90.8 cm³/mol. The van der Waals surface area contributed by atoms with Crippen LogP contribution in [0.25, 0.3) is 0 Å². The van der Waals surface area contributed by atoms with E-state index in [1.54, 1.807) is 18.8 Å². The van der Waals surface area contributed by atoms with Crippen LogP contribution in [0.15, 0.2) is 58.3 Å². The van der Waals surface area contributed by atoms with Crippen molar-refractivity contribution in [3.05, 3.63) is 53.6 Å². The number of carbonyl (C=O) groups excluding carboxylic acids is 1. The summed E-state index contributed by atoms with van der Waals surface area (Å²) in [6, 6.07) is 15.0. The molecular formula is C16H17ClN2O2S. The standard InChI is InChI=1S/C16H17ClN2O2S/c1-19(9-10-20)16(21)18-13-3-2-4-15(11-13)22-14-7-5-12(17)6-8-14/h2-8,11,20H,9-10H2,1H3,(H,18,21). The number of rotatable bonds is 5. The summed E-state index contributed by atoms with van der Waals surface area (Å²) in [4.78, 5) is 15.4. The molecule has 0 saturated heterocycles. The molecule has 6 heteroatoms. The van der Waals surface area contributed by atoms with Crippen LogP contribution < -0.4 is 5.32 Å². The number of benzene rings is 2. The van der Waals surface area contributed by atoms with Gasteiger partial charge in [0.1, 0.15) is 0 Å². The summed E-state index contributed by atoms with van der Waals surface area (Å²) < 4.78 is 0. The molecule has 2 aromatic carbocycles. The summed E-state index contributed by atoms with van der Waals surface area (Å²) in [5, 5.41) is 12.4. The first-order valence-electron chi connectivity index (χ1n) is 6.75. The minimum absolute atomic E-state index is 0.0591. The number of aliphatic hydroxyl groups excluding tert-OH is 1. The van der Waals surface area contributed by atoms with Crippen LogP contribution >= 0.6 is 23.4 Å². The van der Waals surface area contributed by atoms with Crippen molar-refractivity contribution in [2.75, 3.05) is 25.5 Å². The molecule has 0 unspecified atom stereocenters. The molecule has 4 nitrogen and oxygen atoms in total. The van der Waals surface area contributed by atoms with Gasteiger partial charge < -0.3 is 15.3 Å². The van der Waals surface area contributed by atoms with Crippen molar-refractivity contribution in [1.82, 2.24) is 4.90 Å². The van der Waals surface area contributed by atoms with Gasteiger partial charge in [-0.15, -0.1) is 0 Å². The molecule has 0 bridgehead atoms. The summed E-state index contributed by atoms with van der Waals surface area (Å²) in [5.74, 6) is 0. The number of nitrogens with zero attached hydrogens (tertiary/aromatic N) is 1. The molecule has 0 saturated carbocycles. The van der Waals surface area contributed by atoms with E-state index >= 15 is 0 Å². The van der Waals surface area contributed by atoms with Crippen molar-refractivity contribution < 1.29 is 9.90 Å². The van der Waals surface area contributed by atoms with Crippen LogP contribution in [0.4, 0.5) is 10.5 Å². The molecule has 0 aromatic heterocycles. The molecule has 2 amide bonds. The number of halogens is 1. The van der Waals surface area contributed by atoms with Crippen LogP contribution in [0, 0.1) is 0 Å². The average molecular weight is 337 g/mol. The summed E-state index contributed by atoms with van der Waals surface area (Å²) in [5.41, 5.74) is 0.716. The van der Waals surface area contributed by atoms with Gasteiger partial charge in [-0.05, 0) is 42.5 Å². The zero-order valence-corrected chi connectivity index (χ0v) is 13.7. The number of amides is 2. The summed E-state index contributed by atoms with van der Waals surface area (Å²) >= 11 is 7.47. The molecular weight excluding hydrogens is 320 g/mol. The Kier molecular flexibility index (Phi) is 6.12. The Hall–Kier alpha value is -1.69. The number of nitrogens with one attached hydrogen (secondary N) is 1. The van der Waals surface area contributed by atoms with Crippen LogP contribution in [0.5, 0.6) is 0 Å². The fraction of sp³-hybridized carbons (Fsp3) is 0.188. The van der Waals surface area contributed by atoms with Gasteiger partial charge in [-0.2, -0.15) is 0 Å². The van der Waals surface area contributed by atoms with Crippen molar-refractivity contribution in [2.24, 2.45) is 0 Å². The maximum Gasteiger partial charge on any atom is 0.321 e. The summed E-state index contributed by atoms with van der Waals surface area (Å²) in [6.07, 6.45) is 0. The number of carbonyl (C=O) groups is 1. The first-order chi connectivity index (χ1) is 10.6. The second-order valence-electron chi connectivity index (χ2n) is 4.66. The monoisotopic (exact) mass is 336 g/mol. The highest BCUT2D eigenvalue weighted by atomic mass is 35.5. The minimum Gasteiger partial charge on any atom is -0.395 e. The van der Waals surface area contributed by atoms with E-state index in [-0.39, 0.29) is 12.6 Å². The van der Waals surface area contributed by atoms with Crippen molar-refractivity contribution >= 4 is 35.1 Å². The zero-order valence-electron chi connectivity index (χ0n) is 12.1. The van der Waals surface area contributed by atoms with Crippen molar-refractivity contribution in [3.8, 4) is 0 Å². The van der Waals surface area contributed by atoms with E-state index in [0.717, 1.165) is 9.79 Å². The lowest BCUT2D eigenvalue weighted by Gasteiger charge is -2.16.